The first-order chi connectivity index (χ1) is 9.75. The van der Waals surface area contributed by atoms with Crippen molar-refractivity contribution in [1.29, 1.82) is 0 Å². The van der Waals surface area contributed by atoms with Crippen molar-refractivity contribution in [3.05, 3.63) is 71.3 Å². The predicted molar refractivity (Wildman–Crippen MR) is 79.4 cm³/mol. The molecule has 3 N–H and O–H groups in total. The van der Waals surface area contributed by atoms with Crippen LogP contribution >= 0.6 is 0 Å². The molecule has 1 fully saturated rings. The Kier molecular flexibility index (Phi) is 3.52. The molecule has 3 nitrogen and oxygen atoms in total. The molecule has 1 saturated carbocycles. The Morgan fingerprint density at radius 2 is 1.80 bits per heavy atom. The summed E-state index contributed by atoms with van der Waals surface area (Å²) in [6.07, 6.45) is 1.16. The van der Waals surface area contributed by atoms with Crippen LogP contribution in [-0.2, 0) is 6.54 Å². The van der Waals surface area contributed by atoms with Crippen LogP contribution in [0.15, 0.2) is 54.6 Å². The Labute approximate surface area is 118 Å². The second-order valence-electron chi connectivity index (χ2n) is 5.26. The van der Waals surface area contributed by atoms with Gasteiger partial charge in [0, 0.05) is 24.1 Å². The molecular weight excluding hydrogens is 248 g/mol. The van der Waals surface area contributed by atoms with Crippen molar-refractivity contribution in [1.82, 2.24) is 5.32 Å². The summed E-state index contributed by atoms with van der Waals surface area (Å²) in [7, 11) is 0. The van der Waals surface area contributed by atoms with E-state index in [1.165, 1.54) is 5.56 Å². The fraction of sp³-hybridized carbons (Fsp3) is 0.235. The van der Waals surface area contributed by atoms with Crippen molar-refractivity contribution >= 4 is 5.91 Å². The van der Waals surface area contributed by atoms with Gasteiger partial charge in [0.2, 0.25) is 5.91 Å². The van der Waals surface area contributed by atoms with Gasteiger partial charge in [-0.2, -0.15) is 0 Å². The van der Waals surface area contributed by atoms with E-state index in [1.54, 1.807) is 6.07 Å². The molecule has 1 aliphatic rings. The molecule has 1 amide bonds. The maximum atomic E-state index is 11.4. The first-order valence-electron chi connectivity index (χ1n) is 6.92. The molecule has 2 atom stereocenters. The van der Waals surface area contributed by atoms with Crippen LogP contribution in [0.5, 0.6) is 0 Å². The van der Waals surface area contributed by atoms with Gasteiger partial charge in [0.05, 0.1) is 0 Å². The quantitative estimate of drug-likeness (QED) is 0.873. The number of amides is 1. The van der Waals surface area contributed by atoms with Gasteiger partial charge in [-0.25, -0.2) is 0 Å². The molecule has 102 valence electrons. The highest BCUT2D eigenvalue weighted by Crippen LogP contribution is 2.40. The largest absolute Gasteiger partial charge is 0.366 e. The first kappa shape index (κ1) is 12.9. The fourth-order valence-electron chi connectivity index (χ4n) is 2.65. The third kappa shape index (κ3) is 2.73. The van der Waals surface area contributed by atoms with Crippen molar-refractivity contribution < 1.29 is 4.79 Å². The number of carbonyl (C=O) groups is 1. The summed E-state index contributed by atoms with van der Waals surface area (Å²) in [4.78, 5) is 11.4. The van der Waals surface area contributed by atoms with Crippen molar-refractivity contribution in [3.8, 4) is 0 Å². The molecule has 2 aromatic rings. The van der Waals surface area contributed by atoms with Crippen molar-refractivity contribution in [3.63, 3.8) is 0 Å². The minimum Gasteiger partial charge on any atom is -0.366 e. The highest BCUT2D eigenvalue weighted by atomic mass is 16.1. The van der Waals surface area contributed by atoms with Gasteiger partial charge in [0.1, 0.15) is 0 Å². The molecule has 3 rings (SSSR count). The third-order valence-electron chi connectivity index (χ3n) is 3.86. The number of benzene rings is 2. The summed E-state index contributed by atoms with van der Waals surface area (Å²) in [5.74, 6) is 0.231. The molecule has 1 aliphatic carbocycles. The second-order valence-corrected chi connectivity index (χ2v) is 5.26. The number of primary amides is 1. The summed E-state index contributed by atoms with van der Waals surface area (Å²) in [5.41, 5.74) is 8.35. The third-order valence-corrected chi connectivity index (χ3v) is 3.86. The molecule has 0 bridgehead atoms. The monoisotopic (exact) mass is 266 g/mol. The van der Waals surface area contributed by atoms with Crippen molar-refractivity contribution in [2.24, 2.45) is 5.73 Å². The van der Waals surface area contributed by atoms with E-state index in [9.17, 15) is 4.79 Å². The van der Waals surface area contributed by atoms with E-state index in [4.69, 9.17) is 5.73 Å². The van der Waals surface area contributed by atoms with Gasteiger partial charge in [0.25, 0.3) is 0 Å². The van der Waals surface area contributed by atoms with E-state index in [0.29, 0.717) is 24.1 Å². The smallest absolute Gasteiger partial charge is 0.249 e. The van der Waals surface area contributed by atoms with Crippen LogP contribution in [0.1, 0.15) is 33.8 Å². The molecule has 0 radical (unpaired) electrons. The zero-order valence-electron chi connectivity index (χ0n) is 11.3. The molecular formula is C17H18N2O. The zero-order valence-corrected chi connectivity index (χ0v) is 11.3. The van der Waals surface area contributed by atoms with Crippen LogP contribution < -0.4 is 11.1 Å². The van der Waals surface area contributed by atoms with E-state index in [2.05, 4.69) is 29.6 Å². The molecule has 3 heteroatoms. The lowest BCUT2D eigenvalue weighted by Crippen LogP contribution is -2.21. The van der Waals surface area contributed by atoms with Gasteiger partial charge in [-0.05, 0) is 23.6 Å². The molecule has 20 heavy (non-hydrogen) atoms. The fourth-order valence-corrected chi connectivity index (χ4v) is 2.65. The second kappa shape index (κ2) is 5.47. The van der Waals surface area contributed by atoms with Crippen molar-refractivity contribution in [2.75, 3.05) is 0 Å². The average Bonchev–Trinajstić information content (AvgIpc) is 3.26. The van der Waals surface area contributed by atoms with Crippen LogP contribution in [0.3, 0.4) is 0 Å². The molecule has 0 spiro atoms. The van der Waals surface area contributed by atoms with Gasteiger partial charge in [-0.1, -0.05) is 48.5 Å². The lowest BCUT2D eigenvalue weighted by molar-refractivity contribution is 0.0999. The molecule has 0 aliphatic heterocycles. The van der Waals surface area contributed by atoms with Crippen LogP contribution in [0.4, 0.5) is 0 Å². The van der Waals surface area contributed by atoms with E-state index >= 15 is 0 Å². The molecule has 2 aromatic carbocycles. The Morgan fingerprint density at radius 3 is 2.55 bits per heavy atom. The Hall–Kier alpha value is -2.13. The molecule has 0 saturated heterocycles. The zero-order chi connectivity index (χ0) is 13.9. The van der Waals surface area contributed by atoms with Crippen LogP contribution in [0.2, 0.25) is 0 Å². The van der Waals surface area contributed by atoms with Gasteiger partial charge < -0.3 is 11.1 Å². The number of hydrogen-bond acceptors (Lipinski definition) is 2. The first-order valence-corrected chi connectivity index (χ1v) is 6.92. The van der Waals surface area contributed by atoms with Gasteiger partial charge >= 0.3 is 0 Å². The average molecular weight is 266 g/mol. The summed E-state index contributed by atoms with van der Waals surface area (Å²) >= 11 is 0. The van der Waals surface area contributed by atoms with E-state index in [0.717, 1.165) is 12.0 Å². The highest BCUT2D eigenvalue weighted by molar-refractivity contribution is 5.94. The van der Waals surface area contributed by atoms with E-state index < -0.39 is 0 Å². The number of carbonyl (C=O) groups excluding carboxylic acids is 1. The van der Waals surface area contributed by atoms with Crippen molar-refractivity contribution in [2.45, 2.75) is 24.9 Å². The molecule has 0 aromatic heterocycles. The van der Waals surface area contributed by atoms with E-state index in [-0.39, 0.29) is 5.91 Å². The number of rotatable bonds is 5. The summed E-state index contributed by atoms with van der Waals surface area (Å²) < 4.78 is 0. The van der Waals surface area contributed by atoms with Gasteiger partial charge in [0.15, 0.2) is 0 Å². The molecule has 0 heterocycles. The lowest BCUT2D eigenvalue weighted by atomic mass is 10.1. The normalized spacial score (nSPS) is 20.6. The summed E-state index contributed by atoms with van der Waals surface area (Å²) in [5, 5.41) is 3.51. The SMILES string of the molecule is NC(=O)c1ccccc1CNC1CC1c1ccccc1. The minimum absolute atomic E-state index is 0.363. The number of hydrogen-bond donors (Lipinski definition) is 2. The topological polar surface area (TPSA) is 55.1 Å². The Balaban J connectivity index is 1.61. The Bertz CT molecular complexity index is 609. The summed E-state index contributed by atoms with van der Waals surface area (Å²) in [6.45, 7) is 0.688. The maximum absolute atomic E-state index is 11.4. The maximum Gasteiger partial charge on any atom is 0.249 e. The summed E-state index contributed by atoms with van der Waals surface area (Å²) in [6, 6.07) is 18.5. The minimum atomic E-state index is -0.363. The van der Waals surface area contributed by atoms with Crippen LogP contribution in [-0.4, -0.2) is 11.9 Å². The highest BCUT2D eigenvalue weighted by Gasteiger charge is 2.37. The van der Waals surface area contributed by atoms with Gasteiger partial charge in [-0.3, -0.25) is 4.79 Å². The standard InChI is InChI=1S/C17H18N2O/c18-17(20)14-9-5-4-8-13(14)11-19-16-10-15(16)12-6-2-1-3-7-12/h1-9,15-16,19H,10-11H2,(H2,18,20). The Morgan fingerprint density at radius 1 is 1.10 bits per heavy atom. The number of nitrogens with one attached hydrogen (secondary N) is 1. The predicted octanol–water partition coefficient (Wildman–Crippen LogP) is 2.43. The van der Waals surface area contributed by atoms with Crippen LogP contribution in [0, 0.1) is 0 Å². The van der Waals surface area contributed by atoms with Gasteiger partial charge in [-0.15, -0.1) is 0 Å². The van der Waals surface area contributed by atoms with E-state index in [1.807, 2.05) is 24.3 Å². The molecule has 2 unspecified atom stereocenters. The lowest BCUT2D eigenvalue weighted by Gasteiger charge is -2.08. The number of nitrogens with two attached hydrogens (primary N) is 1. The van der Waals surface area contributed by atoms with Crippen LogP contribution in [0.25, 0.3) is 0 Å².